The Morgan fingerprint density at radius 2 is 2.08 bits per heavy atom. The molecule has 0 amide bonds. The normalized spacial score (nSPS) is 16.4. The lowest BCUT2D eigenvalue weighted by Crippen LogP contribution is -1.98. The first-order valence-corrected chi connectivity index (χ1v) is 3.54. The van der Waals surface area contributed by atoms with Gasteiger partial charge in [-0.25, -0.2) is 0 Å². The molecule has 0 saturated heterocycles. The predicted octanol–water partition coefficient (Wildman–Crippen LogP) is 3.17. The molecular weight excluding hydrogens is 173 g/mol. The zero-order chi connectivity index (χ0) is 9.31. The van der Waals surface area contributed by atoms with Gasteiger partial charge in [0.15, 0.2) is 0 Å². The van der Waals surface area contributed by atoms with E-state index in [1.807, 2.05) is 0 Å². The number of halogens is 1. The van der Waals surface area contributed by atoms with Crippen LogP contribution >= 0.6 is 0 Å². The second-order valence-corrected chi connectivity index (χ2v) is 2.49. The number of hydrogen-bond donors (Lipinski definition) is 0. The van der Waals surface area contributed by atoms with E-state index in [9.17, 15) is 4.39 Å². The number of azide groups is 1. The van der Waals surface area contributed by atoms with E-state index in [1.165, 1.54) is 12.1 Å². The SMILES string of the molecule is [N-]=[N+]=Nc1ccccc1C1(F)N=N1. The molecule has 1 aromatic carbocycles. The van der Waals surface area contributed by atoms with E-state index < -0.39 is 5.92 Å². The molecule has 2 rings (SSSR count). The molecule has 5 nitrogen and oxygen atoms in total. The Bertz CT molecular complexity index is 415. The number of nitrogens with zero attached hydrogens (tertiary/aromatic N) is 5. The average molecular weight is 177 g/mol. The fourth-order valence-electron chi connectivity index (χ4n) is 1.03. The molecule has 0 saturated carbocycles. The highest BCUT2D eigenvalue weighted by Gasteiger charge is 2.43. The largest absolute Gasteiger partial charge is 0.355 e. The van der Waals surface area contributed by atoms with Crippen LogP contribution in [-0.4, -0.2) is 0 Å². The lowest BCUT2D eigenvalue weighted by molar-refractivity contribution is 0.290. The van der Waals surface area contributed by atoms with Crippen LogP contribution in [-0.2, 0) is 5.92 Å². The van der Waals surface area contributed by atoms with E-state index in [0.717, 1.165) is 0 Å². The summed E-state index contributed by atoms with van der Waals surface area (Å²) in [6.45, 7) is 0. The summed E-state index contributed by atoms with van der Waals surface area (Å²) in [5.41, 5.74) is 8.61. The molecule has 0 bridgehead atoms. The number of alkyl halides is 1. The monoisotopic (exact) mass is 177 g/mol. The van der Waals surface area contributed by atoms with Gasteiger partial charge in [0.25, 0.3) is 0 Å². The maximum absolute atomic E-state index is 13.3. The Kier molecular flexibility index (Phi) is 1.50. The topological polar surface area (TPSA) is 73.5 Å². The molecule has 0 spiro atoms. The van der Waals surface area contributed by atoms with Gasteiger partial charge in [-0.1, -0.05) is 29.4 Å². The van der Waals surface area contributed by atoms with Crippen molar-refractivity contribution in [1.29, 1.82) is 0 Å². The Labute approximate surface area is 72.5 Å². The van der Waals surface area contributed by atoms with Crippen LogP contribution in [0, 0.1) is 0 Å². The average Bonchev–Trinajstić information content (AvgIpc) is 2.86. The van der Waals surface area contributed by atoms with Gasteiger partial charge in [0.2, 0.25) is 0 Å². The van der Waals surface area contributed by atoms with Gasteiger partial charge in [0, 0.05) is 16.2 Å². The summed E-state index contributed by atoms with van der Waals surface area (Å²) in [4.78, 5) is 2.58. The molecule has 0 unspecified atom stereocenters. The Balaban J connectivity index is 2.49. The van der Waals surface area contributed by atoms with E-state index in [1.54, 1.807) is 12.1 Å². The number of benzene rings is 1. The van der Waals surface area contributed by atoms with Crippen LogP contribution in [0.1, 0.15) is 5.56 Å². The van der Waals surface area contributed by atoms with Gasteiger partial charge in [-0.05, 0) is 5.53 Å². The maximum atomic E-state index is 13.3. The fraction of sp³-hybridized carbons (Fsp3) is 0.143. The van der Waals surface area contributed by atoms with Crippen LogP contribution in [0.15, 0.2) is 39.6 Å². The maximum Gasteiger partial charge on any atom is 0.355 e. The minimum absolute atomic E-state index is 0.188. The molecule has 0 radical (unpaired) electrons. The van der Waals surface area contributed by atoms with Gasteiger partial charge >= 0.3 is 5.92 Å². The van der Waals surface area contributed by atoms with Crippen LogP contribution in [0.25, 0.3) is 10.4 Å². The first-order valence-electron chi connectivity index (χ1n) is 3.54. The third-order valence-electron chi connectivity index (χ3n) is 1.67. The third-order valence-corrected chi connectivity index (χ3v) is 1.67. The predicted molar refractivity (Wildman–Crippen MR) is 42.9 cm³/mol. The minimum atomic E-state index is -1.98. The molecular formula is C7H4FN5. The molecule has 0 aromatic heterocycles. The second kappa shape index (κ2) is 2.53. The van der Waals surface area contributed by atoms with Crippen LogP contribution < -0.4 is 0 Å². The molecule has 64 valence electrons. The molecule has 0 atom stereocenters. The molecule has 0 aliphatic carbocycles. The van der Waals surface area contributed by atoms with Gasteiger partial charge in [0.05, 0.1) is 0 Å². The van der Waals surface area contributed by atoms with E-state index in [-0.39, 0.29) is 11.3 Å². The highest BCUT2D eigenvalue weighted by molar-refractivity contribution is 5.49. The van der Waals surface area contributed by atoms with Gasteiger partial charge in [-0.3, -0.25) is 0 Å². The van der Waals surface area contributed by atoms with E-state index >= 15 is 0 Å². The summed E-state index contributed by atoms with van der Waals surface area (Å²) >= 11 is 0. The molecule has 13 heavy (non-hydrogen) atoms. The molecule has 0 fully saturated rings. The van der Waals surface area contributed by atoms with Gasteiger partial charge < -0.3 is 0 Å². The van der Waals surface area contributed by atoms with Crippen molar-refractivity contribution >= 4 is 5.69 Å². The van der Waals surface area contributed by atoms with Gasteiger partial charge in [0.1, 0.15) is 0 Å². The summed E-state index contributed by atoms with van der Waals surface area (Å²) in [5.74, 6) is -1.98. The summed E-state index contributed by atoms with van der Waals surface area (Å²) < 4.78 is 13.3. The van der Waals surface area contributed by atoms with E-state index in [4.69, 9.17) is 5.53 Å². The molecule has 6 heteroatoms. The fourth-order valence-corrected chi connectivity index (χ4v) is 1.03. The Morgan fingerprint density at radius 1 is 1.38 bits per heavy atom. The minimum Gasteiger partial charge on any atom is -0.182 e. The van der Waals surface area contributed by atoms with Crippen LogP contribution in [0.4, 0.5) is 10.1 Å². The van der Waals surface area contributed by atoms with Gasteiger partial charge in [-0.2, -0.15) is 4.39 Å². The van der Waals surface area contributed by atoms with Crippen LogP contribution in [0.5, 0.6) is 0 Å². The third kappa shape index (κ3) is 1.23. The van der Waals surface area contributed by atoms with Crippen molar-refractivity contribution in [2.45, 2.75) is 5.92 Å². The summed E-state index contributed by atoms with van der Waals surface area (Å²) in [7, 11) is 0. The highest BCUT2D eigenvalue weighted by atomic mass is 19.2. The first-order chi connectivity index (χ1) is 6.26. The van der Waals surface area contributed by atoms with Crippen molar-refractivity contribution in [3.8, 4) is 0 Å². The molecule has 1 heterocycles. The van der Waals surface area contributed by atoms with Crippen LogP contribution in [0.2, 0.25) is 0 Å². The lowest BCUT2D eigenvalue weighted by atomic mass is 10.1. The molecule has 0 N–H and O–H groups in total. The zero-order valence-corrected chi connectivity index (χ0v) is 6.42. The smallest absolute Gasteiger partial charge is 0.182 e. The Hall–Kier alpha value is -1.94. The van der Waals surface area contributed by atoms with Crippen molar-refractivity contribution in [1.82, 2.24) is 0 Å². The molecule has 1 aliphatic heterocycles. The van der Waals surface area contributed by atoms with E-state index in [2.05, 4.69) is 20.3 Å². The lowest BCUT2D eigenvalue weighted by Gasteiger charge is -2.02. The van der Waals surface area contributed by atoms with Crippen molar-refractivity contribution in [2.24, 2.45) is 15.3 Å². The van der Waals surface area contributed by atoms with Crippen molar-refractivity contribution in [3.05, 3.63) is 40.3 Å². The molecule has 1 aliphatic rings. The van der Waals surface area contributed by atoms with Crippen molar-refractivity contribution in [2.75, 3.05) is 0 Å². The molecule has 1 aromatic rings. The van der Waals surface area contributed by atoms with E-state index in [0.29, 0.717) is 0 Å². The summed E-state index contributed by atoms with van der Waals surface area (Å²) in [6.07, 6.45) is 0. The number of rotatable bonds is 2. The second-order valence-electron chi connectivity index (χ2n) is 2.49. The summed E-state index contributed by atoms with van der Waals surface area (Å²) in [6, 6.07) is 6.29. The van der Waals surface area contributed by atoms with Crippen molar-refractivity contribution < 1.29 is 4.39 Å². The van der Waals surface area contributed by atoms with Gasteiger partial charge in [-0.15, -0.1) is 10.2 Å². The Morgan fingerprint density at radius 3 is 2.69 bits per heavy atom. The summed E-state index contributed by atoms with van der Waals surface area (Å²) in [5, 5.41) is 9.78. The number of hydrogen-bond acceptors (Lipinski definition) is 3. The quantitative estimate of drug-likeness (QED) is 0.288. The zero-order valence-electron chi connectivity index (χ0n) is 6.42. The van der Waals surface area contributed by atoms with Crippen LogP contribution in [0.3, 0.4) is 0 Å². The standard InChI is InChI=1S/C7H4FN5/c8-7(11-12-7)5-3-1-2-4-6(5)10-13-9/h1-4H. The first kappa shape index (κ1) is 7.70. The van der Waals surface area contributed by atoms with Crippen molar-refractivity contribution in [3.63, 3.8) is 0 Å². The highest BCUT2D eigenvalue weighted by Crippen LogP contribution is 2.44.